The van der Waals surface area contributed by atoms with E-state index in [-0.39, 0.29) is 36.2 Å². The van der Waals surface area contributed by atoms with Gasteiger partial charge in [0.05, 0.1) is 42.3 Å². The highest BCUT2D eigenvalue weighted by atomic mass is 35.5. The Morgan fingerprint density at radius 3 is 1.44 bits per heavy atom. The largest absolute Gasteiger partial charge is 0.489 e. The number of aromatic nitrogens is 2. The van der Waals surface area contributed by atoms with Gasteiger partial charge >= 0.3 is 11.9 Å². The van der Waals surface area contributed by atoms with E-state index in [2.05, 4.69) is 22.5 Å². The predicted molar refractivity (Wildman–Crippen MR) is 284 cm³/mol. The third-order valence-electron chi connectivity index (χ3n) is 12.5. The molecule has 0 saturated heterocycles. The van der Waals surface area contributed by atoms with Crippen molar-refractivity contribution in [3.63, 3.8) is 0 Å². The van der Waals surface area contributed by atoms with Crippen LogP contribution >= 0.6 is 46.4 Å². The van der Waals surface area contributed by atoms with Gasteiger partial charge in [0.25, 0.3) is 0 Å². The second-order valence-electron chi connectivity index (χ2n) is 18.0. The zero-order chi connectivity index (χ0) is 50.8. The van der Waals surface area contributed by atoms with Gasteiger partial charge in [-0.25, -0.2) is 9.59 Å². The molecule has 0 saturated carbocycles. The van der Waals surface area contributed by atoms with Gasteiger partial charge in [0, 0.05) is 23.0 Å². The third-order valence-corrected chi connectivity index (χ3v) is 13.7. The molecule has 2 aliphatic carbocycles. The summed E-state index contributed by atoms with van der Waals surface area (Å²) in [5.74, 6) is 1.20. The first-order valence-electron chi connectivity index (χ1n) is 23.1. The van der Waals surface area contributed by atoms with Crippen molar-refractivity contribution in [2.45, 2.75) is 65.6 Å². The van der Waals surface area contributed by atoms with Crippen molar-refractivity contribution < 1.29 is 38.3 Å². The maximum Gasteiger partial charge on any atom is 0.335 e. The molecule has 0 radical (unpaired) electrons. The van der Waals surface area contributed by atoms with E-state index in [4.69, 9.17) is 64.9 Å². The molecule has 2 heterocycles. The molecule has 0 fully saturated rings. The van der Waals surface area contributed by atoms with Gasteiger partial charge in [-0.1, -0.05) is 145 Å². The number of halogens is 4. The van der Waals surface area contributed by atoms with Crippen molar-refractivity contribution >= 4 is 81.6 Å². The molecule has 0 atom stereocenters. The quantitative estimate of drug-likeness (QED) is 0.108. The molecular formula is C58H46Cl4N2O8. The summed E-state index contributed by atoms with van der Waals surface area (Å²) in [5, 5.41) is 29.2. The van der Waals surface area contributed by atoms with Gasteiger partial charge in [0.15, 0.2) is 0 Å². The summed E-state index contributed by atoms with van der Waals surface area (Å²) in [6.07, 6.45) is 5.60. The van der Waals surface area contributed by atoms with Gasteiger partial charge in [-0.3, -0.25) is 0 Å². The van der Waals surface area contributed by atoms with Crippen molar-refractivity contribution in [2.75, 3.05) is 0 Å². The second-order valence-corrected chi connectivity index (χ2v) is 19.6. The van der Waals surface area contributed by atoms with E-state index in [1.54, 1.807) is 72.8 Å². The van der Waals surface area contributed by atoms with E-state index >= 15 is 0 Å². The Bertz CT molecular complexity index is 3420. The van der Waals surface area contributed by atoms with E-state index in [1.165, 1.54) is 0 Å². The van der Waals surface area contributed by atoms with Crippen LogP contribution in [0, 0.1) is 0 Å². The molecule has 10 nitrogen and oxygen atoms in total. The summed E-state index contributed by atoms with van der Waals surface area (Å²) in [6.45, 7) is 8.61. The highest BCUT2D eigenvalue weighted by molar-refractivity contribution is 6.39. The van der Waals surface area contributed by atoms with E-state index in [9.17, 15) is 19.8 Å². The zero-order valence-corrected chi connectivity index (χ0v) is 42.5. The molecule has 0 bridgehead atoms. The lowest BCUT2D eigenvalue weighted by Crippen LogP contribution is -2.02. The zero-order valence-electron chi connectivity index (χ0n) is 39.4. The predicted octanol–water partition coefficient (Wildman–Crippen LogP) is 16.3. The first-order chi connectivity index (χ1) is 34.6. The maximum atomic E-state index is 11.4. The Kier molecular flexibility index (Phi) is 14.8. The van der Waals surface area contributed by atoms with Crippen LogP contribution in [-0.4, -0.2) is 32.5 Å². The minimum absolute atomic E-state index is 0.0955. The van der Waals surface area contributed by atoms with Crippen LogP contribution < -0.4 is 9.47 Å². The van der Waals surface area contributed by atoms with Gasteiger partial charge in [0.1, 0.15) is 47.6 Å². The summed E-state index contributed by atoms with van der Waals surface area (Å²) in [6, 6.07) is 36.6. The summed E-state index contributed by atoms with van der Waals surface area (Å²) in [5.41, 5.74) is 13.0. The van der Waals surface area contributed by atoms with Crippen LogP contribution in [0.2, 0.25) is 20.1 Å². The molecule has 0 unspecified atom stereocenters. The number of hydrogen-bond acceptors (Lipinski definition) is 8. The minimum atomic E-state index is -0.935. The molecule has 6 aromatic carbocycles. The van der Waals surface area contributed by atoms with E-state index in [0.717, 1.165) is 79.3 Å². The Morgan fingerprint density at radius 2 is 0.972 bits per heavy atom. The molecule has 2 aliphatic rings. The Hall–Kier alpha value is -7.08. The number of allylic oxidation sites excluding steroid dienone is 2. The summed E-state index contributed by atoms with van der Waals surface area (Å²) in [4.78, 5) is 22.7. The standard InChI is InChI=1S/2C29H23Cl2NO4/c2*1-16(2)28-23(27(32-36-28)26-24(30)7-4-8-25(26)31)15-35-22-10-9-18-12-20(13-21(18)14-22)17-5-3-6-19(11-17)29(33)34/h3-11,13-14,16H,12,15H2,1-2H3,(H,33,34);3-12,14,16H,13,15H2,1-2H3,(H,33,34). The van der Waals surface area contributed by atoms with Crippen molar-refractivity contribution in [3.05, 3.63) is 209 Å². The molecule has 0 amide bonds. The van der Waals surface area contributed by atoms with E-state index < -0.39 is 11.9 Å². The Labute approximate surface area is 436 Å². The summed E-state index contributed by atoms with van der Waals surface area (Å²) in [7, 11) is 0. The van der Waals surface area contributed by atoms with E-state index in [1.807, 2.05) is 76.2 Å². The Morgan fingerprint density at radius 1 is 0.542 bits per heavy atom. The third kappa shape index (κ3) is 10.6. The number of nitrogens with zero attached hydrogens (tertiary/aromatic N) is 2. The van der Waals surface area contributed by atoms with Crippen LogP contribution in [0.3, 0.4) is 0 Å². The second kappa shape index (κ2) is 21.3. The van der Waals surface area contributed by atoms with Gasteiger partial charge in [-0.15, -0.1) is 0 Å². The van der Waals surface area contributed by atoms with Gasteiger partial charge in [0.2, 0.25) is 0 Å². The molecule has 0 spiro atoms. The number of aromatic carboxylic acids is 2. The highest BCUT2D eigenvalue weighted by Crippen LogP contribution is 2.42. The van der Waals surface area contributed by atoms with Crippen LogP contribution in [0.5, 0.6) is 11.5 Å². The van der Waals surface area contributed by atoms with Gasteiger partial charge in [-0.05, 0) is 130 Å². The molecule has 10 rings (SSSR count). The topological polar surface area (TPSA) is 145 Å². The number of fused-ring (bicyclic) bond motifs is 2. The number of rotatable bonds is 14. The number of carboxylic acid groups (broad SMARTS) is 2. The smallest absolute Gasteiger partial charge is 0.335 e. The highest BCUT2D eigenvalue weighted by Gasteiger charge is 2.26. The normalized spacial score (nSPS) is 12.5. The van der Waals surface area contributed by atoms with Crippen molar-refractivity contribution in [1.29, 1.82) is 0 Å². The molecule has 364 valence electrons. The van der Waals surface area contributed by atoms with Gasteiger partial charge < -0.3 is 28.7 Å². The minimum Gasteiger partial charge on any atom is -0.489 e. The molecular weight excluding hydrogens is 994 g/mol. The number of hydrogen-bond donors (Lipinski definition) is 2. The molecule has 72 heavy (non-hydrogen) atoms. The average molecular weight is 1040 g/mol. The molecule has 14 heteroatoms. The molecule has 8 aromatic rings. The van der Waals surface area contributed by atoms with Crippen molar-refractivity contribution in [3.8, 4) is 34.0 Å². The van der Waals surface area contributed by atoms with Crippen LogP contribution in [0.1, 0.15) is 116 Å². The fourth-order valence-corrected chi connectivity index (χ4v) is 10.0. The number of ether oxygens (including phenoxy) is 2. The number of carboxylic acids is 2. The number of benzene rings is 6. The SMILES string of the molecule is CC(C)c1onc(-c2c(Cl)cccc2Cl)c1COc1ccc2c(c1)C=C(c1cccc(C(=O)O)c1)C2.CC(C)c1onc(-c2c(Cl)cccc2Cl)c1COc1ccc2c(c1)CC(c1cccc(C(=O)O)c1)=C2. The lowest BCUT2D eigenvalue weighted by Gasteiger charge is -2.11. The fraction of sp³-hybridized carbons (Fsp3) is 0.172. The molecule has 2 aromatic heterocycles. The van der Waals surface area contributed by atoms with Crippen molar-refractivity contribution in [1.82, 2.24) is 10.3 Å². The lowest BCUT2D eigenvalue weighted by molar-refractivity contribution is 0.0686. The maximum absolute atomic E-state index is 11.4. The van der Waals surface area contributed by atoms with E-state index in [0.29, 0.717) is 54.8 Å². The fourth-order valence-electron chi connectivity index (χ4n) is 8.87. The first kappa shape index (κ1) is 49.9. The van der Waals surface area contributed by atoms with Crippen LogP contribution in [-0.2, 0) is 26.1 Å². The first-order valence-corrected chi connectivity index (χ1v) is 24.6. The molecule has 2 N–H and O–H groups in total. The lowest BCUT2D eigenvalue weighted by atomic mass is 10.0. The Balaban J connectivity index is 0.000000178. The average Bonchev–Trinajstić information content (AvgIpc) is 4.18. The summed E-state index contributed by atoms with van der Waals surface area (Å²) >= 11 is 25.8. The van der Waals surface area contributed by atoms with Crippen LogP contribution in [0.25, 0.3) is 45.8 Å². The van der Waals surface area contributed by atoms with Crippen molar-refractivity contribution in [2.24, 2.45) is 0 Å². The monoisotopic (exact) mass is 1040 g/mol. The van der Waals surface area contributed by atoms with Crippen LogP contribution in [0.15, 0.2) is 130 Å². The molecule has 0 aliphatic heterocycles. The number of carbonyl (C=O) groups is 2. The van der Waals surface area contributed by atoms with Crippen LogP contribution in [0.4, 0.5) is 0 Å². The van der Waals surface area contributed by atoms with Gasteiger partial charge in [-0.2, -0.15) is 0 Å². The summed E-state index contributed by atoms with van der Waals surface area (Å²) < 4.78 is 23.8.